The second-order valence-electron chi connectivity index (χ2n) is 5.50. The van der Waals surface area contributed by atoms with E-state index in [0.717, 1.165) is 31.5 Å². The molecule has 4 nitrogen and oxygen atoms in total. The average Bonchev–Trinajstić information content (AvgIpc) is 2.93. The van der Waals surface area contributed by atoms with Crippen LogP contribution in [0.3, 0.4) is 0 Å². The van der Waals surface area contributed by atoms with Crippen molar-refractivity contribution in [2.45, 2.75) is 24.6 Å². The maximum Gasteiger partial charge on any atom is 0.416 e. The van der Waals surface area contributed by atoms with Crippen molar-refractivity contribution < 1.29 is 22.7 Å². The van der Waals surface area contributed by atoms with E-state index in [4.69, 9.17) is 4.74 Å². The normalized spacial score (nSPS) is 21.8. The van der Waals surface area contributed by atoms with Crippen LogP contribution in [-0.2, 0) is 10.9 Å². The van der Waals surface area contributed by atoms with E-state index in [1.165, 1.54) is 12.1 Å². The predicted octanol–water partition coefficient (Wildman–Crippen LogP) is 2.20. The number of rotatable bonds is 5. The number of amides is 1. The lowest BCUT2D eigenvalue weighted by Gasteiger charge is -2.29. The molecule has 0 spiro atoms. The summed E-state index contributed by atoms with van der Waals surface area (Å²) in [5.41, 5.74) is -0.855. The first-order chi connectivity index (χ1) is 10.4. The molecular formula is C15H19F3N2O2. The summed E-state index contributed by atoms with van der Waals surface area (Å²) in [5.74, 6) is -0.391. The zero-order valence-corrected chi connectivity index (χ0v) is 12.3. The Morgan fingerprint density at radius 2 is 2.05 bits per heavy atom. The molecule has 1 amide bonds. The monoisotopic (exact) mass is 316 g/mol. The summed E-state index contributed by atoms with van der Waals surface area (Å²) in [6.45, 7) is 1.71. The van der Waals surface area contributed by atoms with Gasteiger partial charge in [-0.25, -0.2) is 0 Å². The molecule has 0 saturated carbocycles. The summed E-state index contributed by atoms with van der Waals surface area (Å²) in [5, 5.41) is 6.08. The number of benzene rings is 1. The van der Waals surface area contributed by atoms with E-state index in [1.54, 1.807) is 7.11 Å². The van der Waals surface area contributed by atoms with Crippen LogP contribution in [0.2, 0.25) is 0 Å². The Morgan fingerprint density at radius 1 is 1.36 bits per heavy atom. The van der Waals surface area contributed by atoms with Crippen molar-refractivity contribution >= 4 is 5.91 Å². The molecule has 7 heteroatoms. The number of methoxy groups -OCH3 is 1. The highest BCUT2D eigenvalue weighted by atomic mass is 19.4. The van der Waals surface area contributed by atoms with Gasteiger partial charge in [0.15, 0.2) is 0 Å². The Labute approximate surface area is 127 Å². The van der Waals surface area contributed by atoms with Crippen molar-refractivity contribution in [1.29, 1.82) is 0 Å². The second kappa shape index (κ2) is 6.66. The predicted molar refractivity (Wildman–Crippen MR) is 75.6 cm³/mol. The van der Waals surface area contributed by atoms with Crippen molar-refractivity contribution in [2.75, 3.05) is 26.8 Å². The van der Waals surface area contributed by atoms with Crippen molar-refractivity contribution in [3.05, 3.63) is 35.4 Å². The van der Waals surface area contributed by atoms with E-state index in [9.17, 15) is 18.0 Å². The molecule has 1 aromatic carbocycles. The molecule has 2 rings (SSSR count). The van der Waals surface area contributed by atoms with Gasteiger partial charge in [-0.05, 0) is 43.7 Å². The maximum absolute atomic E-state index is 12.5. The van der Waals surface area contributed by atoms with Gasteiger partial charge in [-0.15, -0.1) is 0 Å². The number of halogens is 3. The third-order valence-electron chi connectivity index (χ3n) is 3.81. The fourth-order valence-electron chi connectivity index (χ4n) is 2.63. The van der Waals surface area contributed by atoms with Crippen molar-refractivity contribution in [2.24, 2.45) is 0 Å². The molecular weight excluding hydrogens is 297 g/mol. The first kappa shape index (κ1) is 16.8. The quantitative estimate of drug-likeness (QED) is 0.876. The standard InChI is InChI=1S/C15H19F3N2O2/c1-22-10-14(7-2-8-20-14)9-19-13(21)11-3-5-12(6-4-11)15(16,17)18/h3-6,20H,2,7-10H2,1H3,(H,19,21). The SMILES string of the molecule is COCC1(CNC(=O)c2ccc(C(F)(F)F)cc2)CCCN1. The van der Waals surface area contributed by atoms with Crippen LogP contribution in [0, 0.1) is 0 Å². The van der Waals surface area contributed by atoms with E-state index in [-0.39, 0.29) is 11.1 Å². The smallest absolute Gasteiger partial charge is 0.383 e. The fourth-order valence-corrected chi connectivity index (χ4v) is 2.63. The minimum Gasteiger partial charge on any atom is -0.383 e. The molecule has 1 unspecified atom stereocenters. The molecule has 0 aromatic heterocycles. The molecule has 1 heterocycles. The van der Waals surface area contributed by atoms with Crippen LogP contribution >= 0.6 is 0 Å². The summed E-state index contributed by atoms with van der Waals surface area (Å²) in [7, 11) is 1.60. The van der Waals surface area contributed by atoms with Crippen molar-refractivity contribution in [1.82, 2.24) is 10.6 Å². The van der Waals surface area contributed by atoms with E-state index < -0.39 is 17.6 Å². The number of hydrogen-bond donors (Lipinski definition) is 2. The van der Waals surface area contributed by atoms with Gasteiger partial charge in [0.2, 0.25) is 0 Å². The van der Waals surface area contributed by atoms with Gasteiger partial charge in [0.1, 0.15) is 0 Å². The van der Waals surface area contributed by atoms with Crippen LogP contribution in [0.4, 0.5) is 13.2 Å². The molecule has 0 aliphatic carbocycles. The van der Waals surface area contributed by atoms with E-state index in [2.05, 4.69) is 10.6 Å². The van der Waals surface area contributed by atoms with Gasteiger partial charge in [-0.2, -0.15) is 13.2 Å². The highest BCUT2D eigenvalue weighted by Crippen LogP contribution is 2.29. The van der Waals surface area contributed by atoms with Gasteiger partial charge in [0, 0.05) is 19.2 Å². The van der Waals surface area contributed by atoms with Crippen LogP contribution in [-0.4, -0.2) is 38.3 Å². The number of carbonyl (C=O) groups is 1. The maximum atomic E-state index is 12.5. The molecule has 0 radical (unpaired) electrons. The first-order valence-corrected chi connectivity index (χ1v) is 7.06. The molecule has 1 aliphatic rings. The zero-order chi connectivity index (χ0) is 16.2. The molecule has 1 aliphatic heterocycles. The molecule has 2 N–H and O–H groups in total. The van der Waals surface area contributed by atoms with Crippen LogP contribution in [0.15, 0.2) is 24.3 Å². The number of hydrogen-bond acceptors (Lipinski definition) is 3. The van der Waals surface area contributed by atoms with Gasteiger partial charge in [-0.1, -0.05) is 0 Å². The minimum atomic E-state index is -4.40. The minimum absolute atomic E-state index is 0.207. The van der Waals surface area contributed by atoms with Gasteiger partial charge in [0.05, 0.1) is 17.7 Å². The zero-order valence-electron chi connectivity index (χ0n) is 12.3. The lowest BCUT2D eigenvalue weighted by molar-refractivity contribution is -0.137. The number of carbonyl (C=O) groups excluding carboxylic acids is 1. The van der Waals surface area contributed by atoms with E-state index >= 15 is 0 Å². The Bertz CT molecular complexity index is 509. The molecule has 1 aromatic rings. The van der Waals surface area contributed by atoms with Gasteiger partial charge < -0.3 is 15.4 Å². The van der Waals surface area contributed by atoms with Crippen LogP contribution in [0.1, 0.15) is 28.8 Å². The average molecular weight is 316 g/mol. The lowest BCUT2D eigenvalue weighted by Crippen LogP contribution is -2.53. The van der Waals surface area contributed by atoms with Crippen LogP contribution < -0.4 is 10.6 Å². The summed E-state index contributed by atoms with van der Waals surface area (Å²) in [4.78, 5) is 12.0. The van der Waals surface area contributed by atoms with Gasteiger partial charge in [0.25, 0.3) is 5.91 Å². The lowest BCUT2D eigenvalue weighted by atomic mass is 9.98. The summed E-state index contributed by atoms with van der Waals surface area (Å²) in [6.07, 6.45) is -2.51. The van der Waals surface area contributed by atoms with E-state index in [1.807, 2.05) is 0 Å². The summed E-state index contributed by atoms with van der Waals surface area (Å²) in [6, 6.07) is 4.19. The Morgan fingerprint density at radius 3 is 2.55 bits per heavy atom. The Hall–Kier alpha value is -1.60. The van der Waals surface area contributed by atoms with Crippen LogP contribution in [0.5, 0.6) is 0 Å². The van der Waals surface area contributed by atoms with Crippen molar-refractivity contribution in [3.63, 3.8) is 0 Å². The second-order valence-corrected chi connectivity index (χ2v) is 5.50. The molecule has 1 fully saturated rings. The van der Waals surface area contributed by atoms with Gasteiger partial charge >= 0.3 is 6.18 Å². The molecule has 1 atom stereocenters. The molecule has 22 heavy (non-hydrogen) atoms. The fraction of sp³-hybridized carbons (Fsp3) is 0.533. The first-order valence-electron chi connectivity index (χ1n) is 7.06. The van der Waals surface area contributed by atoms with Gasteiger partial charge in [-0.3, -0.25) is 4.79 Å². The topological polar surface area (TPSA) is 50.4 Å². The number of ether oxygens (including phenoxy) is 1. The highest BCUT2D eigenvalue weighted by Gasteiger charge is 2.34. The Balaban J connectivity index is 1.97. The third kappa shape index (κ3) is 3.98. The molecule has 122 valence electrons. The highest BCUT2D eigenvalue weighted by molar-refractivity contribution is 5.94. The number of nitrogens with one attached hydrogen (secondary N) is 2. The largest absolute Gasteiger partial charge is 0.416 e. The summed E-state index contributed by atoms with van der Waals surface area (Å²) >= 11 is 0. The van der Waals surface area contributed by atoms with Crippen LogP contribution in [0.25, 0.3) is 0 Å². The number of alkyl halides is 3. The molecule has 0 bridgehead atoms. The Kier molecular flexibility index (Phi) is 5.08. The van der Waals surface area contributed by atoms with Crippen molar-refractivity contribution in [3.8, 4) is 0 Å². The molecule has 1 saturated heterocycles. The third-order valence-corrected chi connectivity index (χ3v) is 3.81. The summed E-state index contributed by atoms with van der Waals surface area (Å²) < 4.78 is 42.6. The van der Waals surface area contributed by atoms with E-state index in [0.29, 0.717) is 13.2 Å².